The fourth-order valence-electron chi connectivity index (χ4n) is 2.71. The van der Waals surface area contributed by atoms with Gasteiger partial charge < -0.3 is 14.0 Å². The average Bonchev–Trinajstić information content (AvgIpc) is 3.04. The molecular formula is C20H20N2O4S. The van der Waals surface area contributed by atoms with Crippen LogP contribution in [0.5, 0.6) is 5.75 Å². The van der Waals surface area contributed by atoms with Crippen molar-refractivity contribution in [2.45, 2.75) is 20.4 Å². The normalized spacial score (nSPS) is 11.6. The summed E-state index contributed by atoms with van der Waals surface area (Å²) in [7, 11) is 1.55. The molecule has 0 saturated carbocycles. The van der Waals surface area contributed by atoms with E-state index < -0.39 is 0 Å². The Hall–Kier alpha value is -2.93. The summed E-state index contributed by atoms with van der Waals surface area (Å²) in [6.07, 6.45) is 0. The number of carbonyl (C=O) groups excluding carboxylic acids is 2. The number of esters is 1. The van der Waals surface area contributed by atoms with Gasteiger partial charge in [-0.1, -0.05) is 17.4 Å². The van der Waals surface area contributed by atoms with Gasteiger partial charge in [-0.05, 0) is 50.2 Å². The number of aromatic nitrogens is 1. The summed E-state index contributed by atoms with van der Waals surface area (Å²) in [5, 5.41) is 0. The highest BCUT2D eigenvalue weighted by Crippen LogP contribution is 2.20. The molecule has 6 nitrogen and oxygen atoms in total. The molecule has 1 amide bonds. The van der Waals surface area contributed by atoms with Crippen LogP contribution in [0.4, 0.5) is 0 Å². The van der Waals surface area contributed by atoms with Gasteiger partial charge in [-0.25, -0.2) is 4.79 Å². The molecule has 3 aromatic rings. The molecule has 1 heterocycles. The lowest BCUT2D eigenvalue weighted by atomic mass is 10.2. The molecule has 27 heavy (non-hydrogen) atoms. The van der Waals surface area contributed by atoms with Crippen LogP contribution < -0.4 is 9.54 Å². The van der Waals surface area contributed by atoms with Gasteiger partial charge in [-0.3, -0.25) is 4.79 Å². The molecule has 0 aliphatic heterocycles. The van der Waals surface area contributed by atoms with E-state index in [1.165, 1.54) is 11.3 Å². The predicted octanol–water partition coefficient (Wildman–Crippen LogP) is 3.65. The maximum atomic E-state index is 12.6. The number of aryl methyl sites for hydroxylation is 1. The lowest BCUT2D eigenvalue weighted by Gasteiger charge is -2.03. The number of ether oxygens (including phenoxy) is 2. The Morgan fingerprint density at radius 1 is 1.11 bits per heavy atom. The van der Waals surface area contributed by atoms with Crippen molar-refractivity contribution in [2.24, 2.45) is 4.99 Å². The summed E-state index contributed by atoms with van der Waals surface area (Å²) < 4.78 is 13.0. The first-order chi connectivity index (χ1) is 13.1. The summed E-state index contributed by atoms with van der Waals surface area (Å²) in [5.74, 6) is -0.0927. The standard InChI is InChI=1S/C20H20N2O4S/c1-4-22-16-10-9-14(19(24)26-5-2)12-17(16)27-20(22)21-18(23)13-7-6-8-15(11-13)25-3/h6-12H,4-5H2,1-3H3. The Morgan fingerprint density at radius 3 is 2.63 bits per heavy atom. The van der Waals surface area contributed by atoms with Crippen molar-refractivity contribution < 1.29 is 19.1 Å². The maximum absolute atomic E-state index is 12.6. The zero-order chi connectivity index (χ0) is 19.4. The molecule has 0 aliphatic carbocycles. The Balaban J connectivity index is 2.06. The molecule has 0 fully saturated rings. The van der Waals surface area contributed by atoms with Crippen LogP contribution in [0.25, 0.3) is 10.2 Å². The van der Waals surface area contributed by atoms with Crippen molar-refractivity contribution in [1.82, 2.24) is 4.57 Å². The summed E-state index contributed by atoms with van der Waals surface area (Å²) in [6.45, 7) is 4.74. The Kier molecular flexibility index (Phi) is 5.71. The van der Waals surface area contributed by atoms with E-state index in [1.807, 2.05) is 17.6 Å². The molecule has 2 aromatic carbocycles. The highest BCUT2D eigenvalue weighted by molar-refractivity contribution is 7.16. The lowest BCUT2D eigenvalue weighted by molar-refractivity contribution is 0.0526. The van der Waals surface area contributed by atoms with Gasteiger partial charge in [-0.15, -0.1) is 0 Å². The van der Waals surface area contributed by atoms with Crippen LogP contribution >= 0.6 is 11.3 Å². The summed E-state index contributed by atoms with van der Waals surface area (Å²) in [4.78, 5) is 29.4. The largest absolute Gasteiger partial charge is 0.497 e. The number of benzene rings is 2. The van der Waals surface area contributed by atoms with Crippen LogP contribution in [0.1, 0.15) is 34.6 Å². The first kappa shape index (κ1) is 18.8. The molecule has 0 radical (unpaired) electrons. The molecule has 0 unspecified atom stereocenters. The van der Waals surface area contributed by atoms with Gasteiger partial charge in [0.1, 0.15) is 5.75 Å². The third-order valence-electron chi connectivity index (χ3n) is 4.02. The van der Waals surface area contributed by atoms with Gasteiger partial charge in [0, 0.05) is 12.1 Å². The second-order valence-electron chi connectivity index (χ2n) is 5.68. The van der Waals surface area contributed by atoms with Gasteiger partial charge in [0.05, 0.1) is 29.5 Å². The number of thiazole rings is 1. The molecular weight excluding hydrogens is 364 g/mol. The third kappa shape index (κ3) is 3.93. The van der Waals surface area contributed by atoms with Crippen LogP contribution in [-0.4, -0.2) is 30.2 Å². The Labute approximate surface area is 160 Å². The van der Waals surface area contributed by atoms with Crippen molar-refractivity contribution in [2.75, 3.05) is 13.7 Å². The van der Waals surface area contributed by atoms with E-state index in [0.717, 1.165) is 10.2 Å². The SMILES string of the molecule is CCOC(=O)c1ccc2c(c1)sc(=NC(=O)c1cccc(OC)c1)n2CC. The fraction of sp³-hybridized carbons (Fsp3) is 0.250. The number of hydrogen-bond acceptors (Lipinski definition) is 5. The summed E-state index contributed by atoms with van der Waals surface area (Å²) in [5.41, 5.74) is 1.87. The topological polar surface area (TPSA) is 69.9 Å². The lowest BCUT2D eigenvalue weighted by Crippen LogP contribution is -2.15. The van der Waals surface area contributed by atoms with Crippen LogP contribution in [0, 0.1) is 0 Å². The van der Waals surface area contributed by atoms with E-state index in [4.69, 9.17) is 9.47 Å². The van der Waals surface area contributed by atoms with E-state index in [2.05, 4.69) is 4.99 Å². The second-order valence-corrected chi connectivity index (χ2v) is 6.69. The molecule has 0 N–H and O–H groups in total. The molecule has 140 valence electrons. The van der Waals surface area contributed by atoms with E-state index in [1.54, 1.807) is 50.4 Å². The minimum absolute atomic E-state index is 0.325. The van der Waals surface area contributed by atoms with Crippen LogP contribution in [0.2, 0.25) is 0 Å². The minimum atomic E-state index is -0.359. The monoisotopic (exact) mass is 384 g/mol. The average molecular weight is 384 g/mol. The smallest absolute Gasteiger partial charge is 0.338 e. The molecule has 3 rings (SSSR count). The van der Waals surface area contributed by atoms with Crippen LogP contribution in [-0.2, 0) is 11.3 Å². The van der Waals surface area contributed by atoms with Crippen LogP contribution in [0.15, 0.2) is 47.5 Å². The first-order valence-electron chi connectivity index (χ1n) is 8.61. The van der Waals surface area contributed by atoms with Crippen LogP contribution in [0.3, 0.4) is 0 Å². The highest BCUT2D eigenvalue weighted by atomic mass is 32.1. The van der Waals surface area contributed by atoms with E-state index >= 15 is 0 Å². The van der Waals surface area contributed by atoms with Crippen molar-refractivity contribution in [3.63, 3.8) is 0 Å². The number of hydrogen-bond donors (Lipinski definition) is 0. The Bertz CT molecular complexity index is 1070. The van der Waals surface area contributed by atoms with Crippen molar-refractivity contribution in [3.8, 4) is 5.75 Å². The molecule has 0 aliphatic rings. The second kappa shape index (κ2) is 8.18. The van der Waals surface area contributed by atoms with Gasteiger partial charge >= 0.3 is 5.97 Å². The minimum Gasteiger partial charge on any atom is -0.497 e. The highest BCUT2D eigenvalue weighted by Gasteiger charge is 2.12. The Morgan fingerprint density at radius 2 is 1.93 bits per heavy atom. The van der Waals surface area contributed by atoms with Gasteiger partial charge in [0.2, 0.25) is 0 Å². The predicted molar refractivity (Wildman–Crippen MR) is 104 cm³/mol. The maximum Gasteiger partial charge on any atom is 0.338 e. The van der Waals surface area contributed by atoms with Gasteiger partial charge in [0.15, 0.2) is 4.80 Å². The number of amides is 1. The zero-order valence-corrected chi connectivity index (χ0v) is 16.2. The number of fused-ring (bicyclic) bond motifs is 1. The van der Waals surface area contributed by atoms with Gasteiger partial charge in [0.25, 0.3) is 5.91 Å². The van der Waals surface area contributed by atoms with E-state index in [9.17, 15) is 9.59 Å². The molecule has 1 aromatic heterocycles. The van der Waals surface area contributed by atoms with Gasteiger partial charge in [-0.2, -0.15) is 4.99 Å². The quantitative estimate of drug-likeness (QED) is 0.630. The molecule has 0 atom stereocenters. The zero-order valence-electron chi connectivity index (χ0n) is 15.4. The number of carbonyl (C=O) groups is 2. The van der Waals surface area contributed by atoms with Crippen molar-refractivity contribution >= 4 is 33.4 Å². The number of methoxy groups -OCH3 is 1. The molecule has 0 spiro atoms. The fourth-order valence-corrected chi connectivity index (χ4v) is 3.84. The summed E-state index contributed by atoms with van der Waals surface area (Å²) >= 11 is 1.37. The molecule has 0 saturated heterocycles. The third-order valence-corrected chi connectivity index (χ3v) is 5.07. The first-order valence-corrected chi connectivity index (χ1v) is 9.42. The van der Waals surface area contributed by atoms with E-state index in [0.29, 0.717) is 34.8 Å². The van der Waals surface area contributed by atoms with E-state index in [-0.39, 0.29) is 11.9 Å². The number of nitrogens with zero attached hydrogens (tertiary/aromatic N) is 2. The number of rotatable bonds is 5. The molecule has 0 bridgehead atoms. The molecule has 7 heteroatoms. The van der Waals surface area contributed by atoms with Crippen molar-refractivity contribution in [3.05, 3.63) is 58.4 Å². The van der Waals surface area contributed by atoms with Crippen molar-refractivity contribution in [1.29, 1.82) is 0 Å². The summed E-state index contributed by atoms with van der Waals surface area (Å²) in [6, 6.07) is 12.3.